The van der Waals surface area contributed by atoms with E-state index in [0.717, 1.165) is 36.5 Å². The van der Waals surface area contributed by atoms with Crippen LogP contribution in [0.2, 0.25) is 5.02 Å². The largest absolute Gasteiger partial charge is 1.00 e. The third-order valence-electron chi connectivity index (χ3n) is 5.63. The van der Waals surface area contributed by atoms with Gasteiger partial charge in [-0.3, -0.25) is 0 Å². The summed E-state index contributed by atoms with van der Waals surface area (Å²) in [6, 6.07) is 8.05. The van der Waals surface area contributed by atoms with Crippen LogP contribution in [0.25, 0.3) is 0 Å². The molecular formula is C25H40ClNa2O6PS. The van der Waals surface area contributed by atoms with Gasteiger partial charge in [0.25, 0.3) is 0 Å². The summed E-state index contributed by atoms with van der Waals surface area (Å²) in [4.78, 5) is 21.6. The Balaban J connectivity index is 0. The zero-order valence-electron chi connectivity index (χ0n) is 22.5. The van der Waals surface area contributed by atoms with Gasteiger partial charge in [-0.25, -0.2) is 0 Å². The fourth-order valence-electron chi connectivity index (χ4n) is 3.57. The minimum Gasteiger partial charge on any atom is -0.774 e. The topological polar surface area (TPSA) is 98.7 Å². The molecule has 36 heavy (non-hydrogen) atoms. The minimum absolute atomic E-state index is 0. The van der Waals surface area contributed by atoms with Gasteiger partial charge in [0.1, 0.15) is 5.71 Å². The Bertz CT molecular complexity index is 729. The van der Waals surface area contributed by atoms with E-state index in [-0.39, 0.29) is 71.8 Å². The number of thioether (sulfide) groups is 1. The summed E-state index contributed by atoms with van der Waals surface area (Å²) >= 11 is 7.90. The molecule has 0 saturated carbocycles. The molecule has 1 aromatic rings. The van der Waals surface area contributed by atoms with Gasteiger partial charge in [0, 0.05) is 16.9 Å². The van der Waals surface area contributed by atoms with Crippen LogP contribution in [0, 0.1) is 0 Å². The minimum atomic E-state index is -4.93. The fourth-order valence-corrected chi connectivity index (χ4v) is 5.53. The van der Waals surface area contributed by atoms with E-state index in [9.17, 15) is 19.4 Å². The summed E-state index contributed by atoms with van der Waals surface area (Å²) < 4.78 is 21.5. The van der Waals surface area contributed by atoms with Gasteiger partial charge in [-0.15, -0.1) is 0 Å². The van der Waals surface area contributed by atoms with E-state index >= 15 is 0 Å². The number of carbonyl (C=O) groups is 1. The van der Waals surface area contributed by atoms with Crippen molar-refractivity contribution in [1.29, 1.82) is 0 Å². The summed E-state index contributed by atoms with van der Waals surface area (Å²) in [6.07, 6.45) is 12.2. The summed E-state index contributed by atoms with van der Waals surface area (Å²) in [6.45, 7) is 4.38. The van der Waals surface area contributed by atoms with Crippen LogP contribution < -0.4 is 69.1 Å². The Hall–Kier alpha value is 1.44. The summed E-state index contributed by atoms with van der Waals surface area (Å²) in [5.41, 5.74) is -0.865. The van der Waals surface area contributed by atoms with Crippen molar-refractivity contribution in [3.63, 3.8) is 0 Å². The van der Waals surface area contributed by atoms with Crippen LogP contribution in [0.15, 0.2) is 24.3 Å². The van der Waals surface area contributed by atoms with E-state index in [1.54, 1.807) is 0 Å². The molecule has 0 heterocycles. The van der Waals surface area contributed by atoms with Gasteiger partial charge in [-0.1, -0.05) is 69.2 Å². The maximum Gasteiger partial charge on any atom is 1.00 e. The predicted octanol–water partition coefficient (Wildman–Crippen LogP) is 0.232. The summed E-state index contributed by atoms with van der Waals surface area (Å²) in [5, 5.41) is 11.6. The maximum absolute atomic E-state index is 11.1. The van der Waals surface area contributed by atoms with Gasteiger partial charge in [0.05, 0.1) is 12.7 Å². The third-order valence-corrected chi connectivity index (χ3v) is 8.42. The quantitative estimate of drug-likeness (QED) is 0.117. The van der Waals surface area contributed by atoms with Crippen LogP contribution >= 0.6 is 31.0 Å². The molecule has 11 heteroatoms. The van der Waals surface area contributed by atoms with Gasteiger partial charge in [-0.05, 0) is 62.5 Å². The van der Waals surface area contributed by atoms with Gasteiger partial charge < -0.3 is 28.6 Å². The molecule has 1 aromatic carbocycles. The third kappa shape index (κ3) is 19.5. The molecule has 1 unspecified atom stereocenters. The van der Waals surface area contributed by atoms with Crippen molar-refractivity contribution in [1.82, 2.24) is 0 Å². The monoisotopic (exact) mass is 580 g/mol. The Morgan fingerprint density at radius 1 is 1.00 bits per heavy atom. The van der Waals surface area contributed by atoms with Gasteiger partial charge in [0.2, 0.25) is 0 Å². The number of ether oxygens (including phenoxy) is 1. The molecule has 0 bridgehead atoms. The SMILES string of the molecule is CCCCCCC[C@@H](SCCCCCc1ccc(Cl)cc1)[C@H](C)OCCCOP(=O)([O-])C(=O)[O-].[Na+].[Na+]. The second-order valence-electron chi connectivity index (χ2n) is 8.58. The molecule has 0 fully saturated rings. The normalized spacial score (nSPS) is 14.2. The summed E-state index contributed by atoms with van der Waals surface area (Å²) in [7, 11) is -4.93. The Morgan fingerprint density at radius 2 is 1.64 bits per heavy atom. The first kappa shape index (κ1) is 39.6. The van der Waals surface area contributed by atoms with E-state index < -0.39 is 13.3 Å². The zero-order chi connectivity index (χ0) is 25.2. The molecule has 0 spiro atoms. The maximum atomic E-state index is 11.1. The first-order valence-corrected chi connectivity index (χ1v) is 15.4. The molecule has 6 nitrogen and oxygen atoms in total. The molecule has 0 amide bonds. The van der Waals surface area contributed by atoms with Gasteiger partial charge in [-0.2, -0.15) is 11.8 Å². The second-order valence-corrected chi connectivity index (χ2v) is 12.0. The van der Waals surface area contributed by atoms with E-state index in [0.29, 0.717) is 18.3 Å². The van der Waals surface area contributed by atoms with Gasteiger partial charge >= 0.3 is 59.1 Å². The molecule has 3 atom stereocenters. The van der Waals surface area contributed by atoms with Crippen LogP contribution in [-0.4, -0.2) is 36.0 Å². The number of benzene rings is 1. The second kappa shape index (κ2) is 24.3. The fraction of sp³-hybridized carbons (Fsp3) is 0.720. The number of halogens is 1. The average molecular weight is 581 g/mol. The molecule has 0 saturated heterocycles. The van der Waals surface area contributed by atoms with Crippen LogP contribution in [0.3, 0.4) is 0 Å². The van der Waals surface area contributed by atoms with Crippen LogP contribution in [-0.2, 0) is 20.2 Å². The first-order valence-electron chi connectivity index (χ1n) is 12.4. The molecule has 0 aromatic heterocycles. The van der Waals surface area contributed by atoms with Crippen molar-refractivity contribution in [2.24, 2.45) is 0 Å². The van der Waals surface area contributed by atoms with Crippen molar-refractivity contribution < 1.29 is 87.7 Å². The Morgan fingerprint density at radius 3 is 2.28 bits per heavy atom. The molecule has 0 radical (unpaired) electrons. The Kier molecular flexibility index (Phi) is 26.7. The van der Waals surface area contributed by atoms with Crippen molar-refractivity contribution in [2.75, 3.05) is 19.0 Å². The van der Waals surface area contributed by atoms with Crippen LogP contribution in [0.4, 0.5) is 4.79 Å². The molecule has 0 N–H and O–H groups in total. The molecule has 0 aliphatic rings. The number of carboxylic acid groups (broad SMARTS) is 1. The molecule has 0 aliphatic carbocycles. The van der Waals surface area contributed by atoms with Gasteiger partial charge in [0.15, 0.2) is 7.60 Å². The van der Waals surface area contributed by atoms with Crippen molar-refractivity contribution in [3.8, 4) is 0 Å². The number of aryl methyl sites for hydroxylation is 1. The summed E-state index contributed by atoms with van der Waals surface area (Å²) in [5.74, 6) is 1.09. The first-order chi connectivity index (χ1) is 16.3. The number of rotatable bonds is 21. The molecule has 0 aliphatic heterocycles. The van der Waals surface area contributed by atoms with E-state index in [1.807, 2.05) is 23.9 Å². The standard InChI is InChI=1S/C25H42ClO6PS.2Na/c1-3-4-5-6-9-13-24(21(2)31-18-11-19-32-33(29,30)25(27)28)34-20-10-7-8-12-22-14-16-23(26)17-15-22;;/h14-17,21,24H,3-13,18-20H2,1-2H3,(H,27,28)(H,29,30);;/q;2*+1/p-2/t21-,24+;;/m0../s1. The molecular weight excluding hydrogens is 541 g/mol. The van der Waals surface area contributed by atoms with E-state index in [4.69, 9.17) is 16.3 Å². The van der Waals surface area contributed by atoms with Crippen molar-refractivity contribution >= 4 is 36.7 Å². The number of carbonyl (C=O) groups excluding carboxylic acids is 1. The van der Waals surface area contributed by atoms with Crippen molar-refractivity contribution in [3.05, 3.63) is 34.9 Å². The average Bonchev–Trinajstić information content (AvgIpc) is 2.80. The van der Waals surface area contributed by atoms with E-state index in [1.165, 1.54) is 44.1 Å². The zero-order valence-corrected chi connectivity index (χ0v) is 29.0. The smallest absolute Gasteiger partial charge is 0.774 e. The number of unbranched alkanes of at least 4 members (excludes halogenated alkanes) is 6. The number of hydrogen-bond donors (Lipinski definition) is 0. The van der Waals surface area contributed by atoms with Crippen LogP contribution in [0.1, 0.15) is 83.6 Å². The van der Waals surface area contributed by atoms with Crippen LogP contribution in [0.5, 0.6) is 0 Å². The van der Waals surface area contributed by atoms with E-state index in [2.05, 4.69) is 30.5 Å². The molecule has 1 rings (SSSR count). The number of hydrogen-bond acceptors (Lipinski definition) is 7. The Labute approximate surface area is 271 Å². The van der Waals surface area contributed by atoms with Crippen molar-refractivity contribution in [2.45, 2.75) is 95.8 Å². The molecule has 196 valence electrons. The predicted molar refractivity (Wildman–Crippen MR) is 138 cm³/mol.